The summed E-state index contributed by atoms with van der Waals surface area (Å²) in [5.74, 6) is -1.31. The van der Waals surface area contributed by atoms with Gasteiger partial charge in [-0.05, 0) is 24.5 Å². The van der Waals surface area contributed by atoms with E-state index in [1.807, 2.05) is 13.8 Å². The zero-order valence-corrected chi connectivity index (χ0v) is 14.1. The predicted octanol–water partition coefficient (Wildman–Crippen LogP) is 1.39. The summed E-state index contributed by atoms with van der Waals surface area (Å²) in [4.78, 5) is 43.7. The van der Waals surface area contributed by atoms with Crippen molar-refractivity contribution in [3.63, 3.8) is 0 Å². The van der Waals surface area contributed by atoms with E-state index >= 15 is 0 Å². The predicted molar refractivity (Wildman–Crippen MR) is 86.2 cm³/mol. The second kappa shape index (κ2) is 8.03. The fourth-order valence-electron chi connectivity index (χ4n) is 2.58. The number of fused-ring (bicyclic) bond motifs is 1. The summed E-state index contributed by atoms with van der Waals surface area (Å²) in [6.07, 6.45) is 0.352. The van der Waals surface area contributed by atoms with Gasteiger partial charge in [-0.2, -0.15) is 0 Å². The van der Waals surface area contributed by atoms with Crippen LogP contribution < -0.4 is 5.48 Å². The molecular formula is C17H22N2O5. The first kappa shape index (κ1) is 18.1. The van der Waals surface area contributed by atoms with Crippen LogP contribution in [-0.4, -0.2) is 49.0 Å². The first-order chi connectivity index (χ1) is 11.5. The first-order valence-electron chi connectivity index (χ1n) is 7.84. The molecule has 3 amide bonds. The topological polar surface area (TPSA) is 84.9 Å². The molecule has 7 heteroatoms. The largest absolute Gasteiger partial charge is 0.382 e. The molecule has 1 unspecified atom stereocenters. The van der Waals surface area contributed by atoms with E-state index in [4.69, 9.17) is 9.57 Å². The average molecular weight is 334 g/mol. The molecule has 1 aromatic carbocycles. The highest BCUT2D eigenvalue weighted by Gasteiger charge is 2.42. The van der Waals surface area contributed by atoms with Gasteiger partial charge in [-0.3, -0.25) is 24.1 Å². The number of carbonyl (C=O) groups excluding carboxylic acids is 3. The van der Waals surface area contributed by atoms with Crippen molar-refractivity contribution in [2.24, 2.45) is 5.92 Å². The minimum absolute atomic E-state index is 0.115. The van der Waals surface area contributed by atoms with Crippen molar-refractivity contribution >= 4 is 17.7 Å². The SMILES string of the molecule is COCCONC(=O)C(CC(C)C)N1C(=O)c2ccccc2C1=O. The van der Waals surface area contributed by atoms with Gasteiger partial charge in [0.05, 0.1) is 24.3 Å². The van der Waals surface area contributed by atoms with Gasteiger partial charge in [0.1, 0.15) is 6.04 Å². The summed E-state index contributed by atoms with van der Waals surface area (Å²) >= 11 is 0. The first-order valence-corrected chi connectivity index (χ1v) is 7.84. The molecule has 1 aromatic rings. The third-order valence-electron chi connectivity index (χ3n) is 3.70. The second-order valence-electron chi connectivity index (χ2n) is 5.98. The van der Waals surface area contributed by atoms with E-state index in [-0.39, 0.29) is 12.5 Å². The average Bonchev–Trinajstić information content (AvgIpc) is 2.81. The molecule has 1 aliphatic heterocycles. The smallest absolute Gasteiger partial charge is 0.266 e. The monoisotopic (exact) mass is 334 g/mol. The lowest BCUT2D eigenvalue weighted by Crippen LogP contribution is -2.50. The molecule has 7 nitrogen and oxygen atoms in total. The number of hydrogen-bond acceptors (Lipinski definition) is 5. The van der Waals surface area contributed by atoms with Gasteiger partial charge in [-0.15, -0.1) is 0 Å². The second-order valence-corrected chi connectivity index (χ2v) is 5.98. The molecule has 2 rings (SSSR count). The number of carbonyl (C=O) groups is 3. The van der Waals surface area contributed by atoms with Crippen LogP contribution in [0.4, 0.5) is 0 Å². The van der Waals surface area contributed by atoms with Gasteiger partial charge >= 0.3 is 0 Å². The summed E-state index contributed by atoms with van der Waals surface area (Å²) in [7, 11) is 1.52. The van der Waals surface area contributed by atoms with Crippen molar-refractivity contribution in [2.75, 3.05) is 20.3 Å². The van der Waals surface area contributed by atoms with Crippen molar-refractivity contribution in [1.82, 2.24) is 10.4 Å². The Kier molecular flexibility index (Phi) is 6.05. The van der Waals surface area contributed by atoms with E-state index in [9.17, 15) is 14.4 Å². The lowest BCUT2D eigenvalue weighted by Gasteiger charge is -2.26. The number of imide groups is 1. The molecule has 1 aliphatic rings. The highest BCUT2D eigenvalue weighted by molar-refractivity contribution is 6.22. The third kappa shape index (κ3) is 3.80. The number of nitrogens with zero attached hydrogens (tertiary/aromatic N) is 1. The molecular weight excluding hydrogens is 312 g/mol. The fourth-order valence-corrected chi connectivity index (χ4v) is 2.58. The summed E-state index contributed by atoms with van der Waals surface area (Å²) in [6, 6.07) is 5.65. The van der Waals surface area contributed by atoms with E-state index in [1.165, 1.54) is 7.11 Å². The van der Waals surface area contributed by atoms with Gasteiger partial charge in [0, 0.05) is 7.11 Å². The Morgan fingerprint density at radius 3 is 2.21 bits per heavy atom. The molecule has 0 aliphatic carbocycles. The number of rotatable bonds is 8. The Bertz CT molecular complexity index is 594. The maximum absolute atomic E-state index is 12.6. The van der Waals surface area contributed by atoms with Gasteiger partial charge in [0.15, 0.2) is 0 Å². The van der Waals surface area contributed by atoms with Crippen LogP contribution in [0, 0.1) is 5.92 Å². The summed E-state index contributed by atoms with van der Waals surface area (Å²) in [6.45, 7) is 4.34. The molecule has 130 valence electrons. The molecule has 1 heterocycles. The van der Waals surface area contributed by atoms with E-state index in [1.54, 1.807) is 24.3 Å². The number of nitrogens with one attached hydrogen (secondary N) is 1. The Morgan fingerprint density at radius 2 is 1.71 bits per heavy atom. The van der Waals surface area contributed by atoms with Crippen molar-refractivity contribution in [3.8, 4) is 0 Å². The highest BCUT2D eigenvalue weighted by atomic mass is 16.7. The molecule has 0 bridgehead atoms. The summed E-state index contributed by atoms with van der Waals surface area (Å²) in [5, 5.41) is 0. The van der Waals surface area contributed by atoms with E-state index < -0.39 is 23.8 Å². The van der Waals surface area contributed by atoms with Gasteiger partial charge in [-0.25, -0.2) is 5.48 Å². The minimum Gasteiger partial charge on any atom is -0.382 e. The van der Waals surface area contributed by atoms with Crippen molar-refractivity contribution in [2.45, 2.75) is 26.3 Å². The van der Waals surface area contributed by atoms with Gasteiger partial charge in [0.25, 0.3) is 17.7 Å². The number of ether oxygens (including phenoxy) is 1. The Balaban J connectivity index is 2.18. The van der Waals surface area contributed by atoms with Crippen LogP contribution in [0.25, 0.3) is 0 Å². The fraction of sp³-hybridized carbons (Fsp3) is 0.471. The van der Waals surface area contributed by atoms with Gasteiger partial charge in [-0.1, -0.05) is 26.0 Å². The van der Waals surface area contributed by atoms with E-state index in [0.29, 0.717) is 24.2 Å². The van der Waals surface area contributed by atoms with E-state index in [2.05, 4.69) is 5.48 Å². The lowest BCUT2D eigenvalue weighted by molar-refractivity contribution is -0.139. The van der Waals surface area contributed by atoms with Gasteiger partial charge < -0.3 is 4.74 Å². The third-order valence-corrected chi connectivity index (χ3v) is 3.70. The normalized spacial score (nSPS) is 14.9. The maximum Gasteiger partial charge on any atom is 0.266 e. The van der Waals surface area contributed by atoms with Crippen molar-refractivity contribution < 1.29 is 24.0 Å². The lowest BCUT2D eigenvalue weighted by atomic mass is 10.0. The Morgan fingerprint density at radius 1 is 1.12 bits per heavy atom. The zero-order valence-electron chi connectivity index (χ0n) is 14.1. The number of amides is 3. The van der Waals surface area contributed by atoms with Crippen LogP contribution in [0.3, 0.4) is 0 Å². The molecule has 0 aromatic heterocycles. The summed E-state index contributed by atoms with van der Waals surface area (Å²) < 4.78 is 4.83. The molecule has 24 heavy (non-hydrogen) atoms. The van der Waals surface area contributed by atoms with Crippen molar-refractivity contribution in [1.29, 1.82) is 0 Å². The maximum atomic E-state index is 12.6. The molecule has 0 radical (unpaired) electrons. The molecule has 1 N–H and O–H groups in total. The number of benzene rings is 1. The Hall–Kier alpha value is -2.25. The van der Waals surface area contributed by atoms with Crippen LogP contribution in [0.2, 0.25) is 0 Å². The number of hydroxylamine groups is 1. The molecule has 0 saturated carbocycles. The molecule has 1 atom stereocenters. The van der Waals surface area contributed by atoms with Gasteiger partial charge in [0.2, 0.25) is 0 Å². The number of hydrogen-bond donors (Lipinski definition) is 1. The number of methoxy groups -OCH3 is 1. The zero-order chi connectivity index (χ0) is 17.7. The molecule has 0 saturated heterocycles. The van der Waals surface area contributed by atoms with Crippen LogP contribution in [0.15, 0.2) is 24.3 Å². The van der Waals surface area contributed by atoms with Crippen molar-refractivity contribution in [3.05, 3.63) is 35.4 Å². The highest BCUT2D eigenvalue weighted by Crippen LogP contribution is 2.26. The molecule has 0 spiro atoms. The van der Waals surface area contributed by atoms with Crippen LogP contribution in [0.1, 0.15) is 41.0 Å². The standard InChI is InChI=1S/C17H22N2O5/c1-11(2)10-14(15(20)18-24-9-8-23-3)19-16(21)12-6-4-5-7-13(12)17(19)22/h4-7,11,14H,8-10H2,1-3H3,(H,18,20). The summed E-state index contributed by atoms with van der Waals surface area (Å²) in [5.41, 5.74) is 2.95. The van der Waals surface area contributed by atoms with Crippen LogP contribution in [-0.2, 0) is 14.4 Å². The van der Waals surface area contributed by atoms with Crippen LogP contribution >= 0.6 is 0 Å². The Labute approximate surface area is 140 Å². The molecule has 0 fully saturated rings. The van der Waals surface area contributed by atoms with E-state index in [0.717, 1.165) is 4.90 Å². The minimum atomic E-state index is -0.917. The van der Waals surface area contributed by atoms with Crippen LogP contribution in [0.5, 0.6) is 0 Å². The quantitative estimate of drug-likeness (QED) is 0.441.